The molecule has 0 saturated carbocycles. The number of aryl methyl sites for hydroxylation is 2. The van der Waals surface area contributed by atoms with Crippen LogP contribution in [0.25, 0.3) is 10.2 Å². The Morgan fingerprint density at radius 2 is 2.15 bits per heavy atom. The van der Waals surface area contributed by atoms with E-state index in [1.807, 2.05) is 12.1 Å². The van der Waals surface area contributed by atoms with Crippen LogP contribution in [0.2, 0.25) is 0 Å². The normalized spacial score (nSPS) is 10.9. The molecule has 6 nitrogen and oxygen atoms in total. The molecule has 0 spiro atoms. The van der Waals surface area contributed by atoms with Gasteiger partial charge in [-0.05, 0) is 25.1 Å². The number of oxazole rings is 1. The molecule has 7 heteroatoms. The molecule has 3 rings (SSSR count). The van der Waals surface area contributed by atoms with E-state index in [1.54, 1.807) is 19.9 Å². The van der Waals surface area contributed by atoms with Crippen LogP contribution in [0, 0.1) is 13.8 Å². The molecule has 20 heavy (non-hydrogen) atoms. The topological polar surface area (TPSA) is 94.0 Å². The van der Waals surface area contributed by atoms with Gasteiger partial charge in [-0.15, -0.1) is 0 Å². The number of anilines is 2. The first-order chi connectivity index (χ1) is 9.52. The van der Waals surface area contributed by atoms with Crippen LogP contribution in [-0.2, 0) is 0 Å². The van der Waals surface area contributed by atoms with E-state index in [4.69, 9.17) is 10.2 Å². The van der Waals surface area contributed by atoms with Crippen LogP contribution in [0.4, 0.5) is 10.8 Å². The molecular formula is C13H12N4O2S. The van der Waals surface area contributed by atoms with Gasteiger partial charge in [-0.25, -0.2) is 9.97 Å². The summed E-state index contributed by atoms with van der Waals surface area (Å²) in [6, 6.07) is 5.42. The minimum atomic E-state index is -0.352. The quantitative estimate of drug-likeness (QED) is 0.707. The number of hydrogen-bond donors (Lipinski definition) is 2. The van der Waals surface area contributed by atoms with Crippen LogP contribution in [0.1, 0.15) is 22.1 Å². The third-order valence-electron chi connectivity index (χ3n) is 2.74. The molecule has 2 aromatic heterocycles. The fraction of sp³-hybridized carbons (Fsp3) is 0.154. The van der Waals surface area contributed by atoms with Crippen molar-refractivity contribution in [3.8, 4) is 0 Å². The van der Waals surface area contributed by atoms with Gasteiger partial charge in [0.2, 0.25) is 5.76 Å². The summed E-state index contributed by atoms with van der Waals surface area (Å²) in [5, 5.41) is 3.22. The van der Waals surface area contributed by atoms with Crippen molar-refractivity contribution in [2.75, 3.05) is 11.1 Å². The summed E-state index contributed by atoms with van der Waals surface area (Å²) in [4.78, 5) is 20.5. The summed E-state index contributed by atoms with van der Waals surface area (Å²) in [6.07, 6.45) is 0. The number of thiazole rings is 1. The fourth-order valence-corrected chi connectivity index (χ4v) is 2.80. The van der Waals surface area contributed by atoms with Gasteiger partial charge in [-0.1, -0.05) is 11.3 Å². The Bertz CT molecular complexity index is 806. The maximum absolute atomic E-state index is 12.1. The molecule has 102 valence electrons. The van der Waals surface area contributed by atoms with Crippen molar-refractivity contribution in [2.45, 2.75) is 13.8 Å². The van der Waals surface area contributed by atoms with Crippen LogP contribution in [-0.4, -0.2) is 15.9 Å². The molecule has 0 radical (unpaired) electrons. The Balaban J connectivity index is 1.89. The summed E-state index contributed by atoms with van der Waals surface area (Å²) in [6.45, 7) is 3.43. The summed E-state index contributed by atoms with van der Waals surface area (Å²) in [7, 11) is 0. The number of hydrogen-bond acceptors (Lipinski definition) is 6. The van der Waals surface area contributed by atoms with Crippen LogP contribution >= 0.6 is 11.3 Å². The molecule has 0 atom stereocenters. The van der Waals surface area contributed by atoms with Gasteiger partial charge >= 0.3 is 0 Å². The van der Waals surface area contributed by atoms with Crippen molar-refractivity contribution in [3.05, 3.63) is 35.5 Å². The van der Waals surface area contributed by atoms with Crippen LogP contribution in [0.3, 0.4) is 0 Å². The summed E-state index contributed by atoms with van der Waals surface area (Å²) < 4.78 is 6.20. The molecule has 3 N–H and O–H groups in total. The van der Waals surface area contributed by atoms with Gasteiger partial charge in [0, 0.05) is 12.6 Å². The van der Waals surface area contributed by atoms with E-state index < -0.39 is 0 Å². The van der Waals surface area contributed by atoms with Gasteiger partial charge < -0.3 is 10.2 Å². The Morgan fingerprint density at radius 3 is 2.85 bits per heavy atom. The minimum Gasteiger partial charge on any atom is -0.436 e. The lowest BCUT2D eigenvalue weighted by molar-refractivity contribution is 0.0994. The largest absolute Gasteiger partial charge is 0.436 e. The Kier molecular flexibility index (Phi) is 2.90. The number of rotatable bonds is 2. The van der Waals surface area contributed by atoms with Crippen molar-refractivity contribution in [2.24, 2.45) is 0 Å². The third kappa shape index (κ3) is 2.23. The van der Waals surface area contributed by atoms with Crippen LogP contribution in [0.15, 0.2) is 22.6 Å². The zero-order chi connectivity index (χ0) is 14.3. The number of nitrogen functional groups attached to an aromatic ring is 1. The van der Waals surface area contributed by atoms with Gasteiger partial charge in [0.05, 0.1) is 15.9 Å². The van der Waals surface area contributed by atoms with E-state index in [0.717, 1.165) is 10.2 Å². The second-order valence-corrected chi connectivity index (χ2v) is 5.38. The lowest BCUT2D eigenvalue weighted by Crippen LogP contribution is -2.11. The number of nitrogens with one attached hydrogen (secondary N) is 1. The van der Waals surface area contributed by atoms with E-state index in [2.05, 4.69) is 15.3 Å². The highest BCUT2D eigenvalue weighted by Gasteiger charge is 2.17. The smallest absolute Gasteiger partial charge is 0.295 e. The monoisotopic (exact) mass is 288 g/mol. The van der Waals surface area contributed by atoms with Crippen molar-refractivity contribution in [1.82, 2.24) is 9.97 Å². The Morgan fingerprint density at radius 1 is 1.35 bits per heavy atom. The third-order valence-corrected chi connectivity index (χ3v) is 3.68. The molecule has 3 aromatic rings. The van der Waals surface area contributed by atoms with E-state index in [-0.39, 0.29) is 11.7 Å². The molecule has 0 aliphatic heterocycles. The minimum absolute atomic E-state index is 0.210. The Hall–Kier alpha value is -2.41. The molecule has 1 amide bonds. The highest BCUT2D eigenvalue weighted by atomic mass is 32.1. The van der Waals surface area contributed by atoms with Gasteiger partial charge in [0.1, 0.15) is 0 Å². The molecule has 0 aliphatic carbocycles. The number of amides is 1. The van der Waals surface area contributed by atoms with Crippen LogP contribution in [0.5, 0.6) is 0 Å². The maximum Gasteiger partial charge on any atom is 0.295 e. The number of aromatic nitrogens is 2. The highest BCUT2D eigenvalue weighted by molar-refractivity contribution is 7.22. The zero-order valence-corrected chi connectivity index (χ0v) is 11.7. The maximum atomic E-state index is 12.1. The molecule has 0 saturated heterocycles. The number of carbonyl (C=O) groups is 1. The molecule has 0 aliphatic rings. The fourth-order valence-electron chi connectivity index (χ4n) is 1.89. The summed E-state index contributed by atoms with van der Waals surface area (Å²) >= 11 is 1.36. The zero-order valence-electron chi connectivity index (χ0n) is 10.9. The SMILES string of the molecule is Cc1nc(C)c(C(=O)Nc2nc3ccc(N)cc3s2)o1. The lowest BCUT2D eigenvalue weighted by atomic mass is 10.3. The average molecular weight is 288 g/mol. The number of carbonyl (C=O) groups excluding carboxylic acids is 1. The first kappa shape index (κ1) is 12.6. The molecule has 0 bridgehead atoms. The first-order valence-corrected chi connectivity index (χ1v) is 6.76. The number of nitrogens with zero attached hydrogens (tertiary/aromatic N) is 2. The molecule has 0 unspecified atom stereocenters. The van der Waals surface area contributed by atoms with Gasteiger partial charge in [0.25, 0.3) is 5.91 Å². The predicted octanol–water partition coefficient (Wildman–Crippen LogP) is 2.74. The molecular weight excluding hydrogens is 276 g/mol. The van der Waals surface area contributed by atoms with Gasteiger partial charge in [-0.2, -0.15) is 0 Å². The molecule has 2 heterocycles. The van der Waals surface area contributed by atoms with E-state index in [0.29, 0.717) is 22.4 Å². The summed E-state index contributed by atoms with van der Waals surface area (Å²) in [5.74, 6) is 0.320. The van der Waals surface area contributed by atoms with Crippen molar-refractivity contribution in [1.29, 1.82) is 0 Å². The number of benzene rings is 1. The Labute approximate surface area is 118 Å². The number of fused-ring (bicyclic) bond motifs is 1. The lowest BCUT2D eigenvalue weighted by Gasteiger charge is -1.97. The van der Waals surface area contributed by atoms with Gasteiger partial charge in [-0.3, -0.25) is 10.1 Å². The second-order valence-electron chi connectivity index (χ2n) is 4.35. The van der Waals surface area contributed by atoms with Crippen molar-refractivity contribution < 1.29 is 9.21 Å². The standard InChI is InChI=1S/C13H12N4O2S/c1-6-11(19-7(2)15-6)12(18)17-13-16-9-4-3-8(14)5-10(9)20-13/h3-5H,14H2,1-2H3,(H,16,17,18). The van der Waals surface area contributed by atoms with Crippen molar-refractivity contribution >= 4 is 38.3 Å². The highest BCUT2D eigenvalue weighted by Crippen LogP contribution is 2.28. The predicted molar refractivity (Wildman–Crippen MR) is 78.0 cm³/mol. The average Bonchev–Trinajstić information content (AvgIpc) is 2.91. The first-order valence-electron chi connectivity index (χ1n) is 5.94. The second kappa shape index (κ2) is 4.61. The summed E-state index contributed by atoms with van der Waals surface area (Å²) in [5.41, 5.74) is 7.74. The van der Waals surface area contributed by atoms with Crippen molar-refractivity contribution in [3.63, 3.8) is 0 Å². The van der Waals surface area contributed by atoms with E-state index in [1.165, 1.54) is 11.3 Å². The van der Waals surface area contributed by atoms with E-state index >= 15 is 0 Å². The van der Waals surface area contributed by atoms with E-state index in [9.17, 15) is 4.79 Å². The van der Waals surface area contributed by atoms with Crippen LogP contribution < -0.4 is 11.1 Å². The molecule has 1 aromatic carbocycles. The number of nitrogens with two attached hydrogens (primary N) is 1. The molecule has 0 fully saturated rings. The van der Waals surface area contributed by atoms with Gasteiger partial charge in [0.15, 0.2) is 11.0 Å².